The third-order valence-corrected chi connectivity index (χ3v) is 2.64. The molecule has 0 spiro atoms. The molecule has 2 rings (SSSR count). The second-order valence-electron chi connectivity index (χ2n) is 3.54. The molecule has 1 heterocycles. The number of nitrogens with zero attached hydrogens (tertiary/aromatic N) is 1. The van der Waals surface area contributed by atoms with Gasteiger partial charge in [0.25, 0.3) is 0 Å². The number of ether oxygens (including phenoxy) is 1. The Bertz CT molecular complexity index is 547. The zero-order valence-electron chi connectivity index (χ0n) is 9.15. The van der Waals surface area contributed by atoms with Crippen LogP contribution >= 0.6 is 11.6 Å². The predicted molar refractivity (Wildman–Crippen MR) is 63.3 cm³/mol. The molecule has 17 heavy (non-hydrogen) atoms. The molecule has 0 saturated heterocycles. The molecule has 3 nitrogen and oxygen atoms in total. The van der Waals surface area contributed by atoms with E-state index in [1.165, 1.54) is 18.3 Å². The Kier molecular flexibility index (Phi) is 3.57. The Morgan fingerprint density at radius 2 is 2.24 bits per heavy atom. The van der Waals surface area contributed by atoms with Crippen molar-refractivity contribution in [2.24, 2.45) is 0 Å². The van der Waals surface area contributed by atoms with E-state index in [1.807, 2.05) is 0 Å². The average Bonchev–Trinajstić information content (AvgIpc) is 2.30. The van der Waals surface area contributed by atoms with Gasteiger partial charge in [-0.3, -0.25) is 4.98 Å². The van der Waals surface area contributed by atoms with E-state index in [2.05, 4.69) is 4.98 Å². The number of rotatable bonds is 3. The summed E-state index contributed by atoms with van der Waals surface area (Å²) >= 11 is 5.68. The van der Waals surface area contributed by atoms with Crippen LogP contribution in [0.3, 0.4) is 0 Å². The fourth-order valence-corrected chi connectivity index (χ4v) is 1.70. The van der Waals surface area contributed by atoms with Gasteiger partial charge in [-0.2, -0.15) is 0 Å². The average molecular weight is 256 g/mol. The molecule has 5 heteroatoms. The lowest BCUT2D eigenvalue weighted by molar-refractivity contribution is -0.0980. The minimum absolute atomic E-state index is 0.0300. The van der Waals surface area contributed by atoms with Crippen molar-refractivity contribution >= 4 is 22.5 Å². The summed E-state index contributed by atoms with van der Waals surface area (Å²) in [6.45, 7) is 2.17. The van der Waals surface area contributed by atoms with Crippen LogP contribution in [0.5, 0.6) is 0 Å². The summed E-state index contributed by atoms with van der Waals surface area (Å²) in [6, 6.07) is 4.41. The number of aromatic nitrogens is 1. The highest BCUT2D eigenvalue weighted by molar-refractivity contribution is 6.31. The van der Waals surface area contributed by atoms with Gasteiger partial charge in [0.2, 0.25) is 0 Å². The van der Waals surface area contributed by atoms with Gasteiger partial charge in [0.15, 0.2) is 6.29 Å². The maximum absolute atomic E-state index is 13.2. The molecule has 1 atom stereocenters. The minimum Gasteiger partial charge on any atom is -0.364 e. The number of pyridine rings is 1. The highest BCUT2D eigenvalue weighted by atomic mass is 35.5. The van der Waals surface area contributed by atoms with Crippen LogP contribution < -0.4 is 0 Å². The maximum Gasteiger partial charge on any atom is 0.182 e. The van der Waals surface area contributed by atoms with Crippen molar-refractivity contribution in [3.63, 3.8) is 0 Å². The van der Waals surface area contributed by atoms with Crippen molar-refractivity contribution in [2.75, 3.05) is 6.61 Å². The zero-order chi connectivity index (χ0) is 12.4. The van der Waals surface area contributed by atoms with E-state index in [9.17, 15) is 9.50 Å². The van der Waals surface area contributed by atoms with Crippen LogP contribution in [-0.4, -0.2) is 16.7 Å². The highest BCUT2D eigenvalue weighted by Crippen LogP contribution is 2.24. The lowest BCUT2D eigenvalue weighted by Crippen LogP contribution is -2.03. The first-order chi connectivity index (χ1) is 8.11. The molecule has 90 valence electrons. The van der Waals surface area contributed by atoms with Crippen molar-refractivity contribution in [1.29, 1.82) is 0 Å². The number of aliphatic hydroxyl groups is 1. The standard InChI is InChI=1S/C12H11ClFNO2/c1-2-17-12(16)8-3-7-4-9(13)10(14)5-11(7)15-6-8/h3-6,12,16H,2H2,1H3. The summed E-state index contributed by atoms with van der Waals surface area (Å²) in [7, 11) is 0. The van der Waals surface area contributed by atoms with Gasteiger partial charge in [0.1, 0.15) is 5.82 Å². The van der Waals surface area contributed by atoms with Crippen molar-refractivity contribution < 1.29 is 14.2 Å². The van der Waals surface area contributed by atoms with Gasteiger partial charge in [0, 0.05) is 29.8 Å². The Hall–Kier alpha value is -1.23. The summed E-state index contributed by atoms with van der Waals surface area (Å²) in [6.07, 6.45) is 0.427. The molecule has 0 aliphatic rings. The van der Waals surface area contributed by atoms with E-state index in [0.717, 1.165) is 0 Å². The Balaban J connectivity index is 2.46. The van der Waals surface area contributed by atoms with Gasteiger partial charge in [-0.15, -0.1) is 0 Å². The Morgan fingerprint density at radius 1 is 1.47 bits per heavy atom. The largest absolute Gasteiger partial charge is 0.364 e. The summed E-state index contributed by atoms with van der Waals surface area (Å²) in [5.74, 6) is -0.509. The SMILES string of the molecule is CCOC(O)c1cnc2cc(F)c(Cl)cc2c1. The van der Waals surface area contributed by atoms with Crippen molar-refractivity contribution in [3.8, 4) is 0 Å². The van der Waals surface area contributed by atoms with E-state index < -0.39 is 12.1 Å². The second-order valence-corrected chi connectivity index (χ2v) is 3.94. The van der Waals surface area contributed by atoms with Crippen LogP contribution in [0.25, 0.3) is 10.9 Å². The number of fused-ring (bicyclic) bond motifs is 1. The van der Waals surface area contributed by atoms with Gasteiger partial charge in [-0.1, -0.05) is 11.6 Å². The van der Waals surface area contributed by atoms with Crippen LogP contribution in [0.1, 0.15) is 18.8 Å². The quantitative estimate of drug-likeness (QED) is 0.857. The summed E-state index contributed by atoms with van der Waals surface area (Å²) < 4.78 is 18.2. The summed E-state index contributed by atoms with van der Waals surface area (Å²) in [5.41, 5.74) is 1.00. The van der Waals surface area contributed by atoms with Crippen molar-refractivity contribution in [3.05, 3.63) is 40.8 Å². The van der Waals surface area contributed by atoms with E-state index in [4.69, 9.17) is 16.3 Å². The fraction of sp³-hybridized carbons (Fsp3) is 0.250. The van der Waals surface area contributed by atoms with Gasteiger partial charge in [0.05, 0.1) is 10.5 Å². The lowest BCUT2D eigenvalue weighted by Gasteiger charge is -2.11. The molecule has 1 aromatic heterocycles. The number of hydrogen-bond donors (Lipinski definition) is 1. The highest BCUT2D eigenvalue weighted by Gasteiger charge is 2.10. The third kappa shape index (κ3) is 2.54. The van der Waals surface area contributed by atoms with E-state index in [1.54, 1.807) is 13.0 Å². The minimum atomic E-state index is -1.03. The molecule has 0 bridgehead atoms. The first-order valence-corrected chi connectivity index (χ1v) is 5.54. The van der Waals surface area contributed by atoms with Crippen molar-refractivity contribution in [2.45, 2.75) is 13.2 Å². The third-order valence-electron chi connectivity index (χ3n) is 2.35. The molecule has 0 amide bonds. The molecule has 2 aromatic rings. The van der Waals surface area contributed by atoms with Gasteiger partial charge in [-0.25, -0.2) is 4.39 Å². The Labute approximate surface area is 103 Å². The molecular weight excluding hydrogens is 245 g/mol. The molecule has 1 unspecified atom stereocenters. The second kappa shape index (κ2) is 4.96. The topological polar surface area (TPSA) is 42.4 Å². The fourth-order valence-electron chi connectivity index (χ4n) is 1.53. The molecule has 1 aromatic carbocycles. The predicted octanol–water partition coefficient (Wildman–Crippen LogP) is 3.05. The molecule has 0 aliphatic heterocycles. The normalized spacial score (nSPS) is 12.9. The summed E-state index contributed by atoms with van der Waals surface area (Å²) in [5, 5.41) is 10.3. The number of aliphatic hydroxyl groups excluding tert-OH is 1. The van der Waals surface area contributed by atoms with Crippen molar-refractivity contribution in [1.82, 2.24) is 4.98 Å². The smallest absolute Gasteiger partial charge is 0.182 e. The Morgan fingerprint density at radius 3 is 2.94 bits per heavy atom. The summed E-state index contributed by atoms with van der Waals surface area (Å²) in [4.78, 5) is 4.05. The van der Waals surface area contributed by atoms with Gasteiger partial charge in [-0.05, 0) is 19.1 Å². The van der Waals surface area contributed by atoms with E-state index >= 15 is 0 Å². The lowest BCUT2D eigenvalue weighted by atomic mass is 10.1. The van der Waals surface area contributed by atoms with E-state index in [-0.39, 0.29) is 5.02 Å². The van der Waals surface area contributed by atoms with Gasteiger partial charge >= 0.3 is 0 Å². The van der Waals surface area contributed by atoms with Crippen LogP contribution in [0.2, 0.25) is 5.02 Å². The monoisotopic (exact) mass is 255 g/mol. The van der Waals surface area contributed by atoms with Gasteiger partial charge < -0.3 is 9.84 Å². The molecule has 1 N–H and O–H groups in total. The first-order valence-electron chi connectivity index (χ1n) is 5.16. The number of halogens is 2. The molecular formula is C12H11ClFNO2. The molecule has 0 saturated carbocycles. The molecule has 0 radical (unpaired) electrons. The molecule has 0 fully saturated rings. The van der Waals surface area contributed by atoms with Crippen LogP contribution in [0.15, 0.2) is 24.4 Å². The number of hydrogen-bond acceptors (Lipinski definition) is 3. The van der Waals surface area contributed by atoms with Crippen LogP contribution in [0, 0.1) is 5.82 Å². The first kappa shape index (κ1) is 12.2. The molecule has 0 aliphatic carbocycles. The van der Waals surface area contributed by atoms with Crippen LogP contribution in [-0.2, 0) is 4.74 Å². The number of benzene rings is 1. The van der Waals surface area contributed by atoms with Crippen LogP contribution in [0.4, 0.5) is 4.39 Å². The zero-order valence-corrected chi connectivity index (χ0v) is 9.91. The van der Waals surface area contributed by atoms with E-state index in [0.29, 0.717) is 23.1 Å². The maximum atomic E-state index is 13.2.